The Kier molecular flexibility index (Phi) is 4.19. The van der Waals surface area contributed by atoms with E-state index in [9.17, 15) is 14.7 Å². The number of aliphatic hydroxyl groups excluding tert-OH is 1. The molecule has 2 aromatic rings. The molecular weight excluding hydrogens is 318 g/mol. The molecule has 23 heavy (non-hydrogen) atoms. The Hall–Kier alpha value is -2.18. The van der Waals surface area contributed by atoms with Gasteiger partial charge in [-0.2, -0.15) is 0 Å². The maximum absolute atomic E-state index is 12.5. The lowest BCUT2D eigenvalue weighted by molar-refractivity contribution is -0.141. The van der Waals surface area contributed by atoms with Gasteiger partial charge < -0.3 is 15.0 Å². The molecule has 1 unspecified atom stereocenters. The van der Waals surface area contributed by atoms with Gasteiger partial charge in [0.25, 0.3) is 11.5 Å². The zero-order chi connectivity index (χ0) is 16.6. The molecule has 0 aliphatic carbocycles. The molecular formula is C16H16ClN3O3. The summed E-state index contributed by atoms with van der Waals surface area (Å²) in [7, 11) is 0. The molecule has 120 valence electrons. The number of aryl methyl sites for hydroxylation is 1. The van der Waals surface area contributed by atoms with Crippen LogP contribution in [0.2, 0.25) is 5.02 Å². The first-order valence-corrected chi connectivity index (χ1v) is 7.64. The average molecular weight is 334 g/mol. The summed E-state index contributed by atoms with van der Waals surface area (Å²) in [5.74, 6) is 0.0936. The predicted molar refractivity (Wildman–Crippen MR) is 85.1 cm³/mol. The van der Waals surface area contributed by atoms with Gasteiger partial charge >= 0.3 is 0 Å². The van der Waals surface area contributed by atoms with Gasteiger partial charge in [-0.05, 0) is 31.0 Å². The second kappa shape index (κ2) is 6.14. The van der Waals surface area contributed by atoms with Gasteiger partial charge in [0.1, 0.15) is 5.82 Å². The third-order valence-electron chi connectivity index (χ3n) is 3.90. The standard InChI is InChI=1S/C16H16ClN3O3/c1-9-18-13-8-20(6-5-12(13)15(22)19-9)16(23)14(21)10-3-2-4-11(17)7-10/h2-4,7,14,21H,5-6,8H2,1H3,(H,18,19,22). The highest BCUT2D eigenvalue weighted by Gasteiger charge is 2.28. The fraction of sp³-hybridized carbons (Fsp3) is 0.312. The second-order valence-electron chi connectivity index (χ2n) is 5.54. The molecule has 1 aromatic heterocycles. The molecule has 0 spiro atoms. The number of nitrogens with one attached hydrogen (secondary N) is 1. The summed E-state index contributed by atoms with van der Waals surface area (Å²) in [5.41, 5.74) is 1.49. The fourth-order valence-electron chi connectivity index (χ4n) is 2.74. The van der Waals surface area contributed by atoms with Crippen LogP contribution >= 0.6 is 11.6 Å². The molecule has 3 rings (SSSR count). The summed E-state index contributed by atoms with van der Waals surface area (Å²) in [6.07, 6.45) is -0.857. The first kappa shape index (κ1) is 15.7. The Morgan fingerprint density at radius 2 is 2.26 bits per heavy atom. The molecule has 0 bridgehead atoms. The third kappa shape index (κ3) is 3.13. The molecule has 1 atom stereocenters. The third-order valence-corrected chi connectivity index (χ3v) is 4.14. The van der Waals surface area contributed by atoms with Crippen LogP contribution in [0.3, 0.4) is 0 Å². The van der Waals surface area contributed by atoms with Crippen molar-refractivity contribution in [2.24, 2.45) is 0 Å². The number of aliphatic hydroxyl groups is 1. The van der Waals surface area contributed by atoms with E-state index in [-0.39, 0.29) is 12.1 Å². The molecule has 1 aliphatic heterocycles. The number of benzene rings is 1. The summed E-state index contributed by atoms with van der Waals surface area (Å²) in [4.78, 5) is 32.9. The zero-order valence-corrected chi connectivity index (χ0v) is 13.3. The SMILES string of the molecule is Cc1nc2c(c(=O)[nH]1)CCN(C(=O)C(O)c1cccc(Cl)c1)C2. The summed E-state index contributed by atoms with van der Waals surface area (Å²) in [6.45, 7) is 2.29. The lowest BCUT2D eigenvalue weighted by Crippen LogP contribution is -2.41. The van der Waals surface area contributed by atoms with Crippen LogP contribution in [0.25, 0.3) is 0 Å². The Balaban J connectivity index is 1.83. The lowest BCUT2D eigenvalue weighted by Gasteiger charge is -2.29. The highest BCUT2D eigenvalue weighted by Crippen LogP contribution is 2.22. The molecule has 6 nitrogen and oxygen atoms in total. The number of carbonyl (C=O) groups is 1. The van der Waals surface area contributed by atoms with Crippen molar-refractivity contribution in [1.82, 2.24) is 14.9 Å². The molecule has 0 radical (unpaired) electrons. The Morgan fingerprint density at radius 1 is 1.48 bits per heavy atom. The van der Waals surface area contributed by atoms with Crippen molar-refractivity contribution in [3.8, 4) is 0 Å². The maximum Gasteiger partial charge on any atom is 0.256 e. The van der Waals surface area contributed by atoms with Crippen molar-refractivity contribution in [3.63, 3.8) is 0 Å². The minimum Gasteiger partial charge on any atom is -0.378 e. The molecule has 1 aliphatic rings. The number of fused-ring (bicyclic) bond motifs is 1. The van der Waals surface area contributed by atoms with Crippen molar-refractivity contribution in [1.29, 1.82) is 0 Å². The molecule has 2 heterocycles. The minimum absolute atomic E-state index is 0.157. The molecule has 0 saturated carbocycles. The van der Waals surface area contributed by atoms with Crippen molar-refractivity contribution in [2.45, 2.75) is 26.0 Å². The van der Waals surface area contributed by atoms with Crippen LogP contribution in [-0.2, 0) is 17.8 Å². The zero-order valence-electron chi connectivity index (χ0n) is 12.5. The molecule has 1 amide bonds. The van der Waals surface area contributed by atoms with Gasteiger partial charge in [0.15, 0.2) is 6.10 Å². The van der Waals surface area contributed by atoms with E-state index in [0.29, 0.717) is 40.6 Å². The van der Waals surface area contributed by atoms with Crippen LogP contribution in [0.15, 0.2) is 29.1 Å². The van der Waals surface area contributed by atoms with E-state index in [2.05, 4.69) is 9.97 Å². The van der Waals surface area contributed by atoms with Gasteiger partial charge in [-0.3, -0.25) is 9.59 Å². The second-order valence-corrected chi connectivity index (χ2v) is 5.98. The summed E-state index contributed by atoms with van der Waals surface area (Å²) in [6, 6.07) is 6.58. The molecule has 1 aromatic carbocycles. The lowest BCUT2D eigenvalue weighted by atomic mass is 10.0. The number of nitrogens with zero attached hydrogens (tertiary/aromatic N) is 2. The number of halogens is 1. The number of hydrogen-bond acceptors (Lipinski definition) is 4. The molecule has 0 saturated heterocycles. The van der Waals surface area contributed by atoms with Gasteiger partial charge in [0, 0.05) is 17.1 Å². The van der Waals surface area contributed by atoms with Gasteiger partial charge in [-0.15, -0.1) is 0 Å². The largest absolute Gasteiger partial charge is 0.378 e. The van der Waals surface area contributed by atoms with Crippen molar-refractivity contribution in [2.75, 3.05) is 6.54 Å². The Labute approximate surface area is 137 Å². The number of rotatable bonds is 2. The van der Waals surface area contributed by atoms with E-state index >= 15 is 0 Å². The van der Waals surface area contributed by atoms with Crippen LogP contribution in [-0.4, -0.2) is 32.4 Å². The van der Waals surface area contributed by atoms with Gasteiger partial charge in [-0.25, -0.2) is 4.98 Å². The van der Waals surface area contributed by atoms with Crippen molar-refractivity contribution < 1.29 is 9.90 Å². The molecule has 2 N–H and O–H groups in total. The monoisotopic (exact) mass is 333 g/mol. The van der Waals surface area contributed by atoms with Crippen LogP contribution in [0, 0.1) is 6.92 Å². The normalized spacial score (nSPS) is 15.2. The number of aromatic amines is 1. The summed E-state index contributed by atoms with van der Waals surface area (Å²) in [5, 5.41) is 10.7. The number of carbonyl (C=O) groups excluding carboxylic acids is 1. The highest BCUT2D eigenvalue weighted by atomic mass is 35.5. The van der Waals surface area contributed by atoms with E-state index in [1.165, 1.54) is 4.90 Å². The quantitative estimate of drug-likeness (QED) is 0.868. The summed E-state index contributed by atoms with van der Waals surface area (Å²) < 4.78 is 0. The van der Waals surface area contributed by atoms with Crippen LogP contribution in [0.1, 0.15) is 28.7 Å². The topological polar surface area (TPSA) is 86.3 Å². The van der Waals surface area contributed by atoms with Crippen molar-refractivity contribution >= 4 is 17.5 Å². The predicted octanol–water partition coefficient (Wildman–Crippen LogP) is 1.35. The summed E-state index contributed by atoms with van der Waals surface area (Å²) >= 11 is 5.90. The highest BCUT2D eigenvalue weighted by molar-refractivity contribution is 6.30. The Morgan fingerprint density at radius 3 is 3.00 bits per heavy atom. The van der Waals surface area contributed by atoms with Crippen molar-refractivity contribution in [3.05, 3.63) is 62.3 Å². The van der Waals surface area contributed by atoms with E-state index in [1.54, 1.807) is 31.2 Å². The molecule has 7 heteroatoms. The van der Waals surface area contributed by atoms with E-state index in [0.717, 1.165) is 0 Å². The number of aromatic nitrogens is 2. The van der Waals surface area contributed by atoms with Gasteiger partial charge in [0.2, 0.25) is 0 Å². The van der Waals surface area contributed by atoms with Gasteiger partial charge in [0.05, 0.1) is 12.2 Å². The number of hydrogen-bond donors (Lipinski definition) is 2. The minimum atomic E-state index is -1.28. The molecule has 0 fully saturated rings. The van der Waals surface area contributed by atoms with E-state index in [1.807, 2.05) is 0 Å². The number of H-pyrrole nitrogens is 1. The van der Waals surface area contributed by atoms with E-state index in [4.69, 9.17) is 11.6 Å². The smallest absolute Gasteiger partial charge is 0.256 e. The number of amides is 1. The van der Waals surface area contributed by atoms with E-state index < -0.39 is 12.0 Å². The first-order valence-electron chi connectivity index (χ1n) is 7.26. The van der Waals surface area contributed by atoms with Gasteiger partial charge in [-0.1, -0.05) is 23.7 Å². The Bertz CT molecular complexity index is 818. The first-order chi connectivity index (χ1) is 11.0. The van der Waals surface area contributed by atoms with Crippen LogP contribution in [0.5, 0.6) is 0 Å². The van der Waals surface area contributed by atoms with Crippen LogP contribution in [0.4, 0.5) is 0 Å². The van der Waals surface area contributed by atoms with Crippen LogP contribution < -0.4 is 5.56 Å². The average Bonchev–Trinajstić information content (AvgIpc) is 2.52. The fourth-order valence-corrected chi connectivity index (χ4v) is 2.94. The maximum atomic E-state index is 12.5.